The summed E-state index contributed by atoms with van der Waals surface area (Å²) in [5.74, 6) is 1.53. The van der Waals surface area contributed by atoms with Crippen molar-refractivity contribution < 1.29 is 9.59 Å². The number of amidine groups is 2. The fourth-order valence-electron chi connectivity index (χ4n) is 2.03. The smallest absolute Gasteiger partial charge is 0.230 e. The van der Waals surface area contributed by atoms with Gasteiger partial charge in [0.15, 0.2) is 0 Å². The Bertz CT molecular complexity index is 683. The predicted molar refractivity (Wildman–Crippen MR) is 155 cm³/mol. The standard InChI is InChI=1S/2C14H28N2O.CH4/c2*1-12(2,3)10(16-14(7,8)9)15-11(17)13(4,5)6;/h2*1-9H3,(H,15,16,17);1H4. The summed E-state index contributed by atoms with van der Waals surface area (Å²) in [5, 5.41) is 5.93. The van der Waals surface area contributed by atoms with Gasteiger partial charge < -0.3 is 10.6 Å². The predicted octanol–water partition coefficient (Wildman–Crippen LogP) is 7.42. The highest BCUT2D eigenvalue weighted by atomic mass is 16.2. The maximum atomic E-state index is 12.0. The van der Waals surface area contributed by atoms with Gasteiger partial charge in [0, 0.05) is 21.7 Å². The van der Waals surface area contributed by atoms with E-state index in [2.05, 4.69) is 62.2 Å². The number of aliphatic imine (C=N–C) groups is 2. The molecule has 0 aromatic heterocycles. The molecule has 0 aliphatic heterocycles. The highest BCUT2D eigenvalue weighted by molar-refractivity contribution is 6.03. The van der Waals surface area contributed by atoms with Crippen molar-refractivity contribution in [3.05, 3.63) is 0 Å². The average molecular weight is 497 g/mol. The minimum atomic E-state index is -0.399. The van der Waals surface area contributed by atoms with E-state index in [0.717, 1.165) is 11.7 Å². The number of hydrogen-bond donors (Lipinski definition) is 2. The number of carbonyl (C=O) groups is 2. The molecular weight excluding hydrogens is 436 g/mol. The molecule has 0 saturated heterocycles. The van der Waals surface area contributed by atoms with Crippen molar-refractivity contribution in [2.75, 3.05) is 0 Å². The topological polar surface area (TPSA) is 82.9 Å². The third-order valence-electron chi connectivity index (χ3n) is 4.14. The summed E-state index contributed by atoms with van der Waals surface area (Å²) in [5.41, 5.74) is -1.49. The van der Waals surface area contributed by atoms with Crippen LogP contribution in [0.5, 0.6) is 0 Å². The number of nitrogens with zero attached hydrogens (tertiary/aromatic N) is 2. The molecule has 0 unspecified atom stereocenters. The number of amides is 2. The lowest BCUT2D eigenvalue weighted by molar-refractivity contribution is -0.127. The number of nitrogens with one attached hydrogen (secondary N) is 2. The monoisotopic (exact) mass is 496 g/mol. The molecule has 0 rings (SSSR count). The Kier molecular flexibility index (Phi) is 13.5. The Morgan fingerprint density at radius 1 is 0.429 bits per heavy atom. The molecule has 2 N–H and O–H groups in total. The van der Waals surface area contributed by atoms with Crippen LogP contribution < -0.4 is 10.6 Å². The minimum absolute atomic E-state index is 0. The van der Waals surface area contributed by atoms with E-state index in [9.17, 15) is 9.59 Å². The van der Waals surface area contributed by atoms with Crippen LogP contribution in [0.15, 0.2) is 9.98 Å². The van der Waals surface area contributed by atoms with E-state index in [1.165, 1.54) is 0 Å². The summed E-state index contributed by atoms with van der Waals surface area (Å²) >= 11 is 0. The van der Waals surface area contributed by atoms with Gasteiger partial charge in [0.05, 0.1) is 11.1 Å². The van der Waals surface area contributed by atoms with Gasteiger partial charge in [-0.25, -0.2) is 0 Å². The number of carbonyl (C=O) groups excluding carboxylic acids is 2. The molecule has 0 aliphatic rings. The van der Waals surface area contributed by atoms with Crippen molar-refractivity contribution in [2.45, 2.75) is 143 Å². The van der Waals surface area contributed by atoms with Crippen LogP contribution in [-0.2, 0) is 9.59 Å². The van der Waals surface area contributed by atoms with Crippen LogP contribution in [0.1, 0.15) is 132 Å². The largest absolute Gasteiger partial charge is 0.314 e. The van der Waals surface area contributed by atoms with Gasteiger partial charge >= 0.3 is 0 Å². The van der Waals surface area contributed by atoms with Crippen molar-refractivity contribution >= 4 is 23.5 Å². The number of rotatable bonds is 0. The first-order chi connectivity index (χ1) is 14.5. The van der Waals surface area contributed by atoms with Gasteiger partial charge in [-0.3, -0.25) is 19.6 Å². The van der Waals surface area contributed by atoms with Crippen LogP contribution in [0.2, 0.25) is 0 Å². The molecule has 0 atom stereocenters. The summed E-state index contributed by atoms with van der Waals surface area (Å²) in [6.45, 7) is 35.9. The molecule has 0 bridgehead atoms. The third-order valence-corrected chi connectivity index (χ3v) is 4.14. The second-order valence-corrected chi connectivity index (χ2v) is 15.2. The second kappa shape index (κ2) is 12.5. The molecule has 2 amide bonds. The van der Waals surface area contributed by atoms with E-state index in [-0.39, 0.29) is 41.1 Å². The van der Waals surface area contributed by atoms with Crippen LogP contribution in [0.4, 0.5) is 0 Å². The average Bonchev–Trinajstić information content (AvgIpc) is 2.47. The fourth-order valence-corrected chi connectivity index (χ4v) is 2.03. The van der Waals surface area contributed by atoms with E-state index in [0.29, 0.717) is 0 Å². The Morgan fingerprint density at radius 2 is 0.629 bits per heavy atom. The Balaban J connectivity index is -0.000000569. The van der Waals surface area contributed by atoms with Crippen LogP contribution in [-0.4, -0.2) is 34.6 Å². The minimum Gasteiger partial charge on any atom is -0.314 e. The molecule has 0 heterocycles. The molecule has 35 heavy (non-hydrogen) atoms. The molecule has 0 aromatic carbocycles. The fraction of sp³-hybridized carbons (Fsp3) is 0.862. The summed E-state index contributed by atoms with van der Waals surface area (Å²) in [6.07, 6.45) is 0. The summed E-state index contributed by atoms with van der Waals surface area (Å²) in [7, 11) is 0. The van der Waals surface area contributed by atoms with Crippen LogP contribution in [0.3, 0.4) is 0 Å². The van der Waals surface area contributed by atoms with Crippen molar-refractivity contribution in [1.29, 1.82) is 0 Å². The zero-order valence-electron chi connectivity index (χ0n) is 25.7. The van der Waals surface area contributed by atoms with Gasteiger partial charge in [0.2, 0.25) is 11.8 Å². The Labute approximate surface area is 218 Å². The SMILES string of the molecule is C.CC(C)(C)N=C(NC(=O)C(C)(C)C)C(C)(C)C.CC(C)(C)N=C(NC(=O)C(C)(C)C)C(C)(C)C. The summed E-state index contributed by atoms with van der Waals surface area (Å²) in [6, 6.07) is 0. The van der Waals surface area contributed by atoms with Gasteiger partial charge in [0.1, 0.15) is 11.7 Å². The molecule has 0 spiro atoms. The maximum absolute atomic E-state index is 12.0. The normalized spacial score (nSPS) is 14.3. The molecule has 0 aromatic rings. The third kappa shape index (κ3) is 18.2. The molecule has 6 nitrogen and oxygen atoms in total. The van der Waals surface area contributed by atoms with Crippen molar-refractivity contribution in [1.82, 2.24) is 10.6 Å². The van der Waals surface area contributed by atoms with E-state index in [1.807, 2.05) is 83.1 Å². The second-order valence-electron chi connectivity index (χ2n) is 15.2. The Hall–Kier alpha value is -1.72. The molecule has 0 fully saturated rings. The van der Waals surface area contributed by atoms with E-state index in [4.69, 9.17) is 0 Å². The lowest BCUT2D eigenvalue weighted by Gasteiger charge is -2.28. The highest BCUT2D eigenvalue weighted by Gasteiger charge is 2.29. The van der Waals surface area contributed by atoms with E-state index < -0.39 is 10.8 Å². The first kappa shape index (κ1) is 37.8. The summed E-state index contributed by atoms with van der Waals surface area (Å²) in [4.78, 5) is 33.3. The van der Waals surface area contributed by atoms with Gasteiger partial charge in [0.25, 0.3) is 0 Å². The molecule has 0 radical (unpaired) electrons. The van der Waals surface area contributed by atoms with Gasteiger partial charge in [-0.15, -0.1) is 0 Å². The van der Waals surface area contributed by atoms with Crippen LogP contribution in [0, 0.1) is 21.7 Å². The molecule has 6 heteroatoms. The highest BCUT2D eigenvalue weighted by Crippen LogP contribution is 2.22. The van der Waals surface area contributed by atoms with E-state index >= 15 is 0 Å². The molecule has 0 aliphatic carbocycles. The molecule has 0 saturated carbocycles. The van der Waals surface area contributed by atoms with Crippen molar-refractivity contribution in [3.63, 3.8) is 0 Å². The van der Waals surface area contributed by atoms with Gasteiger partial charge in [-0.05, 0) is 41.5 Å². The van der Waals surface area contributed by atoms with E-state index in [1.54, 1.807) is 0 Å². The van der Waals surface area contributed by atoms with Crippen molar-refractivity contribution in [3.8, 4) is 0 Å². The first-order valence-corrected chi connectivity index (χ1v) is 12.3. The lowest BCUT2D eigenvalue weighted by atomic mass is 9.91. The lowest BCUT2D eigenvalue weighted by Crippen LogP contribution is -2.45. The zero-order chi connectivity index (χ0) is 28.1. The van der Waals surface area contributed by atoms with Gasteiger partial charge in [-0.1, -0.05) is 90.5 Å². The number of hydrogen-bond acceptors (Lipinski definition) is 4. The zero-order valence-corrected chi connectivity index (χ0v) is 25.7. The first-order valence-electron chi connectivity index (χ1n) is 12.3. The Morgan fingerprint density at radius 3 is 0.743 bits per heavy atom. The van der Waals surface area contributed by atoms with Crippen molar-refractivity contribution in [2.24, 2.45) is 31.6 Å². The van der Waals surface area contributed by atoms with Gasteiger partial charge in [-0.2, -0.15) is 0 Å². The summed E-state index contributed by atoms with van der Waals surface area (Å²) < 4.78 is 0. The van der Waals surface area contributed by atoms with Crippen LogP contribution >= 0.6 is 0 Å². The molecule has 208 valence electrons. The molecular formula is C29H60N4O2. The van der Waals surface area contributed by atoms with Crippen LogP contribution in [0.25, 0.3) is 0 Å². The maximum Gasteiger partial charge on any atom is 0.230 e. The quantitative estimate of drug-likeness (QED) is 0.270.